The molecule has 1 aromatic heterocycles. The van der Waals surface area contributed by atoms with E-state index < -0.39 is 9.84 Å². The summed E-state index contributed by atoms with van der Waals surface area (Å²) in [6.45, 7) is 5.88. The van der Waals surface area contributed by atoms with E-state index in [0.29, 0.717) is 26.1 Å². The lowest BCUT2D eigenvalue weighted by atomic mass is 10.0. The first-order chi connectivity index (χ1) is 10.9. The summed E-state index contributed by atoms with van der Waals surface area (Å²) >= 11 is 0. The molecule has 0 spiro atoms. The molecule has 1 aromatic rings. The zero-order valence-corrected chi connectivity index (χ0v) is 14.5. The molecule has 0 aromatic carbocycles. The van der Waals surface area contributed by atoms with E-state index in [0.717, 1.165) is 5.76 Å². The van der Waals surface area contributed by atoms with E-state index in [2.05, 4.69) is 4.90 Å². The smallest absolute Gasteiger partial charge is 0.223 e. The summed E-state index contributed by atoms with van der Waals surface area (Å²) in [5.41, 5.74) is 0. The largest absolute Gasteiger partial charge is 0.468 e. The van der Waals surface area contributed by atoms with Crippen molar-refractivity contribution in [1.29, 1.82) is 0 Å². The van der Waals surface area contributed by atoms with Crippen molar-refractivity contribution >= 4 is 15.7 Å². The Labute approximate surface area is 137 Å². The number of rotatable bonds is 4. The van der Waals surface area contributed by atoms with Gasteiger partial charge in [0.15, 0.2) is 9.84 Å². The lowest BCUT2D eigenvalue weighted by Gasteiger charge is -2.43. The number of carbonyl (C=O) groups is 1. The lowest BCUT2D eigenvalue weighted by Crippen LogP contribution is -2.60. The van der Waals surface area contributed by atoms with E-state index in [4.69, 9.17) is 4.42 Å². The molecule has 7 heteroatoms. The van der Waals surface area contributed by atoms with Crippen molar-refractivity contribution in [3.8, 4) is 0 Å². The Balaban J connectivity index is 1.78. The van der Waals surface area contributed by atoms with Gasteiger partial charge >= 0.3 is 0 Å². The Morgan fingerprint density at radius 3 is 2.70 bits per heavy atom. The van der Waals surface area contributed by atoms with Crippen molar-refractivity contribution in [3.63, 3.8) is 0 Å². The third-order valence-corrected chi connectivity index (χ3v) is 6.33. The Morgan fingerprint density at radius 1 is 1.30 bits per heavy atom. The molecule has 2 aliphatic rings. The van der Waals surface area contributed by atoms with Gasteiger partial charge in [0.2, 0.25) is 5.91 Å². The number of nitrogens with zero attached hydrogens (tertiary/aromatic N) is 2. The van der Waals surface area contributed by atoms with Crippen LogP contribution in [0.25, 0.3) is 0 Å². The molecule has 1 amide bonds. The van der Waals surface area contributed by atoms with E-state index >= 15 is 0 Å². The Bertz CT molecular complexity index is 654. The second-order valence-electron chi connectivity index (χ2n) is 6.95. The molecule has 0 bridgehead atoms. The van der Waals surface area contributed by atoms with Gasteiger partial charge in [-0.1, -0.05) is 13.8 Å². The van der Waals surface area contributed by atoms with Crippen LogP contribution >= 0.6 is 0 Å². The van der Waals surface area contributed by atoms with Crippen molar-refractivity contribution in [2.45, 2.75) is 38.9 Å². The van der Waals surface area contributed by atoms with Crippen LogP contribution in [0.5, 0.6) is 0 Å². The third-order valence-electron chi connectivity index (χ3n) is 4.63. The number of sulfone groups is 1. The number of hydrogen-bond acceptors (Lipinski definition) is 5. The first-order valence-corrected chi connectivity index (χ1v) is 9.94. The van der Waals surface area contributed by atoms with Crippen LogP contribution in [-0.4, -0.2) is 60.8 Å². The summed E-state index contributed by atoms with van der Waals surface area (Å²) in [6, 6.07) is 3.37. The Kier molecular flexibility index (Phi) is 4.51. The van der Waals surface area contributed by atoms with Crippen molar-refractivity contribution in [2.75, 3.05) is 24.6 Å². The van der Waals surface area contributed by atoms with E-state index in [9.17, 15) is 13.2 Å². The number of fused-ring (bicyclic) bond motifs is 1. The maximum absolute atomic E-state index is 12.5. The number of piperazine rings is 1. The topological polar surface area (TPSA) is 70.8 Å². The average Bonchev–Trinajstić information content (AvgIpc) is 3.04. The van der Waals surface area contributed by atoms with Crippen molar-refractivity contribution < 1.29 is 17.6 Å². The molecule has 0 radical (unpaired) electrons. The number of carbonyl (C=O) groups excluding carboxylic acids is 1. The monoisotopic (exact) mass is 340 g/mol. The van der Waals surface area contributed by atoms with Crippen LogP contribution in [-0.2, 0) is 21.2 Å². The molecule has 128 valence electrons. The fourth-order valence-electron chi connectivity index (χ4n) is 3.60. The zero-order valence-electron chi connectivity index (χ0n) is 13.6. The summed E-state index contributed by atoms with van der Waals surface area (Å²) in [5.74, 6) is 1.39. The molecule has 6 nitrogen and oxygen atoms in total. The van der Waals surface area contributed by atoms with Gasteiger partial charge in [0.1, 0.15) is 5.76 Å². The summed E-state index contributed by atoms with van der Waals surface area (Å²) < 4.78 is 29.7. The number of furan rings is 1. The molecule has 23 heavy (non-hydrogen) atoms. The molecule has 3 heterocycles. The minimum atomic E-state index is -3.10. The second kappa shape index (κ2) is 6.28. The molecule has 3 rings (SSSR count). The van der Waals surface area contributed by atoms with Crippen LogP contribution in [0.4, 0.5) is 0 Å². The maximum Gasteiger partial charge on any atom is 0.223 e. The van der Waals surface area contributed by atoms with Crippen LogP contribution in [0.1, 0.15) is 26.0 Å². The number of hydrogen-bond donors (Lipinski definition) is 0. The molecule has 2 atom stereocenters. The predicted molar refractivity (Wildman–Crippen MR) is 86.5 cm³/mol. The van der Waals surface area contributed by atoms with E-state index in [1.165, 1.54) is 0 Å². The van der Waals surface area contributed by atoms with E-state index in [1.807, 2.05) is 26.0 Å². The van der Waals surface area contributed by atoms with E-state index in [1.54, 1.807) is 11.2 Å². The van der Waals surface area contributed by atoms with Crippen LogP contribution in [0.3, 0.4) is 0 Å². The van der Waals surface area contributed by atoms with E-state index in [-0.39, 0.29) is 35.4 Å². The van der Waals surface area contributed by atoms with Gasteiger partial charge in [-0.25, -0.2) is 8.42 Å². The van der Waals surface area contributed by atoms with Crippen molar-refractivity contribution in [3.05, 3.63) is 24.2 Å². The van der Waals surface area contributed by atoms with Crippen LogP contribution in [0.15, 0.2) is 22.8 Å². The Morgan fingerprint density at radius 2 is 2.04 bits per heavy atom. The summed E-state index contributed by atoms with van der Waals surface area (Å²) in [5, 5.41) is 0. The number of amides is 1. The molecule has 0 aliphatic carbocycles. The molecule has 2 saturated heterocycles. The molecule has 2 aliphatic heterocycles. The third kappa shape index (κ3) is 3.61. The second-order valence-corrected chi connectivity index (χ2v) is 9.10. The summed E-state index contributed by atoms with van der Waals surface area (Å²) in [6.07, 6.45) is 2.10. The normalized spacial score (nSPS) is 27.3. The highest BCUT2D eigenvalue weighted by molar-refractivity contribution is 7.91. The lowest BCUT2D eigenvalue weighted by molar-refractivity contribution is -0.138. The van der Waals surface area contributed by atoms with Crippen LogP contribution in [0, 0.1) is 5.92 Å². The summed E-state index contributed by atoms with van der Waals surface area (Å²) in [7, 11) is -3.10. The van der Waals surface area contributed by atoms with Crippen molar-refractivity contribution in [1.82, 2.24) is 9.80 Å². The quantitative estimate of drug-likeness (QED) is 0.822. The molecule has 0 N–H and O–H groups in total. The fraction of sp³-hybridized carbons (Fsp3) is 0.688. The predicted octanol–water partition coefficient (Wildman–Crippen LogP) is 1.14. The molecule has 0 saturated carbocycles. The minimum absolute atomic E-state index is 0.0738. The molecular formula is C16H24N2O4S. The minimum Gasteiger partial charge on any atom is -0.468 e. The van der Waals surface area contributed by atoms with Gasteiger partial charge in [-0.05, 0) is 18.1 Å². The zero-order chi connectivity index (χ0) is 16.6. The fourth-order valence-corrected chi connectivity index (χ4v) is 5.61. The highest BCUT2D eigenvalue weighted by Gasteiger charge is 2.47. The molecule has 0 unspecified atom stereocenters. The van der Waals surface area contributed by atoms with Gasteiger partial charge in [-0.2, -0.15) is 0 Å². The SMILES string of the molecule is CC(C)CC(=O)N1CCN(Cc2ccco2)[C@@H]2CS(=O)(=O)C[C@@H]21. The summed E-state index contributed by atoms with van der Waals surface area (Å²) in [4.78, 5) is 16.4. The van der Waals surface area contributed by atoms with Gasteiger partial charge in [0.25, 0.3) is 0 Å². The molecule has 2 fully saturated rings. The first-order valence-electron chi connectivity index (χ1n) is 8.12. The molecular weight excluding hydrogens is 316 g/mol. The average molecular weight is 340 g/mol. The van der Waals surface area contributed by atoms with Crippen LogP contribution in [0.2, 0.25) is 0 Å². The Hall–Kier alpha value is -1.34. The van der Waals surface area contributed by atoms with Gasteiger partial charge < -0.3 is 9.32 Å². The van der Waals surface area contributed by atoms with Crippen molar-refractivity contribution in [2.24, 2.45) is 5.92 Å². The maximum atomic E-state index is 12.5. The highest BCUT2D eigenvalue weighted by atomic mass is 32.2. The highest BCUT2D eigenvalue weighted by Crippen LogP contribution is 2.29. The van der Waals surface area contributed by atoms with Gasteiger partial charge in [0, 0.05) is 25.6 Å². The van der Waals surface area contributed by atoms with Crippen LogP contribution < -0.4 is 0 Å². The van der Waals surface area contributed by atoms with Gasteiger partial charge in [0.05, 0.1) is 30.4 Å². The van der Waals surface area contributed by atoms with Gasteiger partial charge in [-0.3, -0.25) is 9.69 Å². The standard InChI is InChI=1S/C16H24N2O4S/c1-12(2)8-16(19)18-6-5-17(9-13-4-3-7-22-13)14-10-23(20,21)11-15(14)18/h3-4,7,12,14-15H,5-6,8-11H2,1-2H3/t14-,15+/m1/s1. The van der Waals surface area contributed by atoms with Gasteiger partial charge in [-0.15, -0.1) is 0 Å². The first kappa shape index (κ1) is 16.5.